The van der Waals surface area contributed by atoms with E-state index < -0.39 is 30.1 Å². The Labute approximate surface area is 148 Å². The largest absolute Gasteiger partial charge is 0.405 e. The lowest BCUT2D eigenvalue weighted by Crippen LogP contribution is -2.47. The van der Waals surface area contributed by atoms with Gasteiger partial charge in [0.2, 0.25) is 5.91 Å². The van der Waals surface area contributed by atoms with Crippen molar-refractivity contribution in [3.63, 3.8) is 0 Å². The molecule has 6 nitrogen and oxygen atoms in total. The Kier molecular flexibility index (Phi) is 6.08. The maximum absolute atomic E-state index is 12.2. The number of amides is 2. The van der Waals surface area contributed by atoms with Crippen LogP contribution in [0.4, 0.5) is 18.9 Å². The summed E-state index contributed by atoms with van der Waals surface area (Å²) in [6, 6.07) is 8.09. The molecular weight excluding hydrogens is 349 g/mol. The zero-order valence-electron chi connectivity index (χ0n) is 13.9. The standard InChI is InChI=1S/C17H19F3N4O2/c18-17(19,20)11-23-15(26)12-5-1-2-6-13(12)22-9-14(25)24-16(10-21)7-3-4-8-16/h1-2,5-6,22H,3-4,7-9,11H2,(H,23,26)(H,24,25). The second kappa shape index (κ2) is 8.08. The molecule has 0 spiro atoms. The number of hydrogen-bond acceptors (Lipinski definition) is 4. The van der Waals surface area contributed by atoms with Crippen molar-refractivity contribution < 1.29 is 22.8 Å². The molecule has 3 N–H and O–H groups in total. The Hall–Kier alpha value is -2.76. The van der Waals surface area contributed by atoms with E-state index in [0.717, 1.165) is 12.8 Å². The van der Waals surface area contributed by atoms with E-state index in [4.69, 9.17) is 0 Å². The highest BCUT2D eigenvalue weighted by Crippen LogP contribution is 2.28. The van der Waals surface area contributed by atoms with Gasteiger partial charge in [0.25, 0.3) is 5.91 Å². The topological polar surface area (TPSA) is 94.0 Å². The van der Waals surface area contributed by atoms with Crippen molar-refractivity contribution in [2.45, 2.75) is 37.4 Å². The molecule has 2 amide bonds. The number of nitrogens with zero attached hydrogens (tertiary/aromatic N) is 1. The fourth-order valence-corrected chi connectivity index (χ4v) is 2.84. The maximum Gasteiger partial charge on any atom is 0.405 e. The molecular formula is C17H19F3N4O2. The molecule has 0 atom stereocenters. The highest BCUT2D eigenvalue weighted by molar-refractivity contribution is 6.00. The van der Waals surface area contributed by atoms with Crippen LogP contribution < -0.4 is 16.0 Å². The minimum Gasteiger partial charge on any atom is -0.376 e. The number of rotatable bonds is 6. The first kappa shape index (κ1) is 19.6. The normalized spacial score (nSPS) is 15.8. The Balaban J connectivity index is 1.96. The zero-order valence-corrected chi connectivity index (χ0v) is 13.9. The van der Waals surface area contributed by atoms with E-state index in [1.807, 2.05) is 0 Å². The molecule has 0 saturated heterocycles. The first-order valence-corrected chi connectivity index (χ1v) is 8.15. The quantitative estimate of drug-likeness (QED) is 0.718. The van der Waals surface area contributed by atoms with Crippen LogP contribution in [-0.2, 0) is 4.79 Å². The van der Waals surface area contributed by atoms with Crippen LogP contribution in [0.3, 0.4) is 0 Å². The highest BCUT2D eigenvalue weighted by atomic mass is 19.4. The van der Waals surface area contributed by atoms with Crippen LogP contribution in [0.25, 0.3) is 0 Å². The van der Waals surface area contributed by atoms with Crippen molar-refractivity contribution in [3.05, 3.63) is 29.8 Å². The third kappa shape index (κ3) is 5.37. The average molecular weight is 368 g/mol. The van der Waals surface area contributed by atoms with Crippen molar-refractivity contribution in [2.75, 3.05) is 18.4 Å². The summed E-state index contributed by atoms with van der Waals surface area (Å²) in [6.07, 6.45) is -1.60. The third-order valence-corrected chi connectivity index (χ3v) is 4.11. The molecule has 2 rings (SSSR count). The van der Waals surface area contributed by atoms with E-state index in [-0.39, 0.29) is 17.8 Å². The molecule has 0 heterocycles. The molecule has 140 valence electrons. The van der Waals surface area contributed by atoms with Crippen molar-refractivity contribution in [3.8, 4) is 6.07 Å². The van der Waals surface area contributed by atoms with Crippen molar-refractivity contribution in [1.29, 1.82) is 5.26 Å². The summed E-state index contributed by atoms with van der Waals surface area (Å²) in [4.78, 5) is 24.0. The second-order valence-electron chi connectivity index (χ2n) is 6.15. The molecule has 1 aromatic carbocycles. The summed E-state index contributed by atoms with van der Waals surface area (Å²) in [7, 11) is 0. The number of nitrogens with one attached hydrogen (secondary N) is 3. The molecule has 1 aliphatic carbocycles. The molecule has 1 aromatic rings. The summed E-state index contributed by atoms with van der Waals surface area (Å²) in [6.45, 7) is -1.64. The van der Waals surface area contributed by atoms with Crippen LogP contribution in [0, 0.1) is 11.3 Å². The lowest BCUT2D eigenvalue weighted by Gasteiger charge is -2.22. The van der Waals surface area contributed by atoms with Gasteiger partial charge in [0.1, 0.15) is 12.1 Å². The molecule has 0 radical (unpaired) electrons. The molecule has 1 fully saturated rings. The summed E-state index contributed by atoms with van der Waals surface area (Å²) in [5.74, 6) is -1.31. The monoisotopic (exact) mass is 368 g/mol. The fraction of sp³-hybridized carbons (Fsp3) is 0.471. The van der Waals surface area contributed by atoms with Crippen molar-refractivity contribution in [2.24, 2.45) is 0 Å². The summed E-state index contributed by atoms with van der Waals surface area (Å²) in [5.41, 5.74) is -0.622. The summed E-state index contributed by atoms with van der Waals surface area (Å²) in [5, 5.41) is 16.5. The predicted molar refractivity (Wildman–Crippen MR) is 88.3 cm³/mol. The molecule has 0 bridgehead atoms. The van der Waals surface area contributed by atoms with Gasteiger partial charge >= 0.3 is 6.18 Å². The van der Waals surface area contributed by atoms with Crippen LogP contribution in [-0.4, -0.2) is 36.6 Å². The SMILES string of the molecule is N#CC1(NC(=O)CNc2ccccc2C(=O)NCC(F)(F)F)CCCC1. The van der Waals surface area contributed by atoms with Gasteiger partial charge in [-0.15, -0.1) is 0 Å². The average Bonchev–Trinajstić information content (AvgIpc) is 3.06. The molecule has 1 aliphatic rings. The number of nitriles is 1. The van der Waals surface area contributed by atoms with E-state index in [9.17, 15) is 28.0 Å². The summed E-state index contributed by atoms with van der Waals surface area (Å²) >= 11 is 0. The fourth-order valence-electron chi connectivity index (χ4n) is 2.84. The van der Waals surface area contributed by atoms with Gasteiger partial charge < -0.3 is 16.0 Å². The van der Waals surface area contributed by atoms with Crippen molar-refractivity contribution in [1.82, 2.24) is 10.6 Å². The van der Waals surface area contributed by atoms with E-state index >= 15 is 0 Å². The van der Waals surface area contributed by atoms with E-state index in [2.05, 4.69) is 16.7 Å². The van der Waals surface area contributed by atoms with Gasteiger partial charge in [-0.1, -0.05) is 12.1 Å². The van der Waals surface area contributed by atoms with Gasteiger partial charge in [-0.05, 0) is 37.8 Å². The van der Waals surface area contributed by atoms with E-state index in [0.29, 0.717) is 12.8 Å². The number of benzene rings is 1. The number of carbonyl (C=O) groups excluding carboxylic acids is 2. The van der Waals surface area contributed by atoms with Gasteiger partial charge in [0.15, 0.2) is 0 Å². The van der Waals surface area contributed by atoms with Gasteiger partial charge in [0, 0.05) is 5.69 Å². The Morgan fingerprint density at radius 1 is 1.19 bits per heavy atom. The Morgan fingerprint density at radius 2 is 1.85 bits per heavy atom. The van der Waals surface area contributed by atoms with Crippen LogP contribution in [0.15, 0.2) is 24.3 Å². The lowest BCUT2D eigenvalue weighted by molar-refractivity contribution is -0.123. The molecule has 0 aliphatic heterocycles. The van der Waals surface area contributed by atoms with Gasteiger partial charge in [-0.25, -0.2) is 0 Å². The smallest absolute Gasteiger partial charge is 0.376 e. The first-order chi connectivity index (χ1) is 12.2. The molecule has 1 saturated carbocycles. The van der Waals surface area contributed by atoms with E-state index in [1.165, 1.54) is 18.2 Å². The Morgan fingerprint density at radius 3 is 2.46 bits per heavy atom. The van der Waals surface area contributed by atoms with Crippen LogP contribution >= 0.6 is 0 Å². The molecule has 0 aromatic heterocycles. The van der Waals surface area contributed by atoms with E-state index in [1.54, 1.807) is 11.4 Å². The lowest BCUT2D eigenvalue weighted by atomic mass is 10.00. The minimum absolute atomic E-state index is 0.000382. The maximum atomic E-state index is 12.2. The second-order valence-corrected chi connectivity index (χ2v) is 6.15. The number of carbonyl (C=O) groups is 2. The van der Waals surface area contributed by atoms with Gasteiger partial charge in [-0.2, -0.15) is 18.4 Å². The van der Waals surface area contributed by atoms with Crippen LogP contribution in [0.2, 0.25) is 0 Å². The van der Waals surface area contributed by atoms with Gasteiger partial charge in [-0.3, -0.25) is 9.59 Å². The highest BCUT2D eigenvalue weighted by Gasteiger charge is 2.35. The van der Waals surface area contributed by atoms with Crippen LogP contribution in [0.1, 0.15) is 36.0 Å². The zero-order chi connectivity index (χ0) is 19.2. The molecule has 9 heteroatoms. The summed E-state index contributed by atoms with van der Waals surface area (Å²) < 4.78 is 36.7. The minimum atomic E-state index is -4.51. The predicted octanol–water partition coefficient (Wildman–Crippen LogP) is 2.34. The van der Waals surface area contributed by atoms with Gasteiger partial charge in [0.05, 0.1) is 18.2 Å². The number of halogens is 3. The first-order valence-electron chi connectivity index (χ1n) is 8.15. The number of anilines is 1. The number of alkyl halides is 3. The number of hydrogen-bond donors (Lipinski definition) is 3. The third-order valence-electron chi connectivity index (χ3n) is 4.11. The number of para-hydroxylation sites is 1. The van der Waals surface area contributed by atoms with Crippen molar-refractivity contribution >= 4 is 17.5 Å². The van der Waals surface area contributed by atoms with Crippen LogP contribution in [0.5, 0.6) is 0 Å². The molecule has 26 heavy (non-hydrogen) atoms. The Bertz CT molecular complexity index is 707. The molecule has 0 unspecified atom stereocenters.